The highest BCUT2D eigenvalue weighted by molar-refractivity contribution is 5.69. The van der Waals surface area contributed by atoms with E-state index in [2.05, 4.69) is 5.32 Å². The van der Waals surface area contributed by atoms with Crippen LogP contribution in [0.2, 0.25) is 0 Å². The fraction of sp³-hybridized carbons (Fsp3) is 0.800. The van der Waals surface area contributed by atoms with Gasteiger partial charge in [0, 0.05) is 13.3 Å². The van der Waals surface area contributed by atoms with Gasteiger partial charge in [0.25, 0.3) is 0 Å². The standard InChI is InChI=1S/C10H19NO4/c1-6-8(14-7(2)12)11-9(13)15-10(3,4)5/h8H,6H2,1-5H3,(H,11,13)/t8-/m0/s1. The van der Waals surface area contributed by atoms with Crippen LogP contribution in [0.3, 0.4) is 0 Å². The van der Waals surface area contributed by atoms with Gasteiger partial charge < -0.3 is 9.47 Å². The lowest BCUT2D eigenvalue weighted by atomic mass is 10.2. The van der Waals surface area contributed by atoms with E-state index in [9.17, 15) is 9.59 Å². The molecule has 0 rings (SSSR count). The summed E-state index contributed by atoms with van der Waals surface area (Å²) in [5, 5.41) is 2.45. The highest BCUT2D eigenvalue weighted by atomic mass is 16.6. The highest BCUT2D eigenvalue weighted by Gasteiger charge is 2.19. The van der Waals surface area contributed by atoms with Gasteiger partial charge in [0.2, 0.25) is 0 Å². The van der Waals surface area contributed by atoms with E-state index in [0.717, 1.165) is 0 Å². The number of carbonyl (C=O) groups is 2. The molecule has 0 aromatic rings. The number of hydrogen-bond donors (Lipinski definition) is 1. The van der Waals surface area contributed by atoms with E-state index in [1.165, 1.54) is 6.92 Å². The molecule has 1 atom stereocenters. The molecule has 0 aliphatic carbocycles. The van der Waals surface area contributed by atoms with Gasteiger partial charge in [0.1, 0.15) is 5.60 Å². The third-order valence-corrected chi connectivity index (χ3v) is 1.36. The van der Waals surface area contributed by atoms with Crippen molar-refractivity contribution >= 4 is 12.1 Å². The Hall–Kier alpha value is -1.26. The van der Waals surface area contributed by atoms with Crippen LogP contribution in [0.4, 0.5) is 4.79 Å². The summed E-state index contributed by atoms with van der Waals surface area (Å²) in [6.45, 7) is 8.38. The smallest absolute Gasteiger partial charge is 0.410 e. The molecule has 0 bridgehead atoms. The average molecular weight is 217 g/mol. The Morgan fingerprint density at radius 3 is 2.20 bits per heavy atom. The number of amides is 1. The van der Waals surface area contributed by atoms with Gasteiger partial charge in [-0.15, -0.1) is 0 Å². The summed E-state index contributed by atoms with van der Waals surface area (Å²) in [6.07, 6.45) is -0.716. The van der Waals surface area contributed by atoms with Gasteiger partial charge in [-0.1, -0.05) is 6.92 Å². The van der Waals surface area contributed by atoms with Crippen molar-refractivity contribution in [2.45, 2.75) is 52.9 Å². The van der Waals surface area contributed by atoms with Crippen LogP contribution in [-0.4, -0.2) is 23.9 Å². The minimum absolute atomic E-state index is 0.432. The van der Waals surface area contributed by atoms with Crippen molar-refractivity contribution in [2.75, 3.05) is 0 Å². The number of carbonyl (C=O) groups excluding carboxylic acids is 2. The maximum Gasteiger partial charge on any atom is 0.410 e. The van der Waals surface area contributed by atoms with Crippen molar-refractivity contribution in [3.63, 3.8) is 0 Å². The second-order valence-corrected chi connectivity index (χ2v) is 4.15. The lowest BCUT2D eigenvalue weighted by molar-refractivity contribution is -0.147. The minimum atomic E-state index is -0.627. The fourth-order valence-electron chi connectivity index (χ4n) is 0.854. The summed E-state index contributed by atoms with van der Waals surface area (Å²) in [7, 11) is 0. The second kappa shape index (κ2) is 5.58. The Bertz CT molecular complexity index is 232. The van der Waals surface area contributed by atoms with Crippen molar-refractivity contribution in [3.05, 3.63) is 0 Å². The highest BCUT2D eigenvalue weighted by Crippen LogP contribution is 2.07. The molecule has 88 valence electrons. The van der Waals surface area contributed by atoms with Crippen LogP contribution in [0.1, 0.15) is 41.0 Å². The van der Waals surface area contributed by atoms with E-state index >= 15 is 0 Å². The van der Waals surface area contributed by atoms with E-state index in [0.29, 0.717) is 6.42 Å². The molecule has 5 heteroatoms. The molecule has 0 aromatic heterocycles. The summed E-state index contributed by atoms with van der Waals surface area (Å²) in [5.74, 6) is -0.432. The first kappa shape index (κ1) is 13.7. The first-order valence-corrected chi connectivity index (χ1v) is 4.91. The Labute approximate surface area is 90.1 Å². The van der Waals surface area contributed by atoms with Gasteiger partial charge in [0.05, 0.1) is 0 Å². The summed E-state index contributed by atoms with van der Waals surface area (Å²) < 4.78 is 9.84. The molecule has 0 aliphatic heterocycles. The zero-order valence-electron chi connectivity index (χ0n) is 9.92. The molecule has 5 nitrogen and oxygen atoms in total. The lowest BCUT2D eigenvalue weighted by Crippen LogP contribution is -2.40. The van der Waals surface area contributed by atoms with Gasteiger partial charge >= 0.3 is 12.1 Å². The van der Waals surface area contributed by atoms with Crippen molar-refractivity contribution in [1.82, 2.24) is 5.32 Å². The summed E-state index contributed by atoms with van der Waals surface area (Å²) >= 11 is 0. The monoisotopic (exact) mass is 217 g/mol. The van der Waals surface area contributed by atoms with E-state index in [-0.39, 0.29) is 0 Å². The number of esters is 1. The number of rotatable bonds is 3. The van der Waals surface area contributed by atoms with E-state index in [1.807, 2.05) is 0 Å². The van der Waals surface area contributed by atoms with Crippen molar-refractivity contribution in [3.8, 4) is 0 Å². The fourth-order valence-corrected chi connectivity index (χ4v) is 0.854. The van der Waals surface area contributed by atoms with Gasteiger partial charge in [-0.25, -0.2) is 4.79 Å². The first-order valence-electron chi connectivity index (χ1n) is 4.91. The molecule has 0 heterocycles. The predicted molar refractivity (Wildman–Crippen MR) is 55.2 cm³/mol. The largest absolute Gasteiger partial charge is 0.444 e. The minimum Gasteiger partial charge on any atom is -0.444 e. The molecule has 0 saturated carbocycles. The quantitative estimate of drug-likeness (QED) is 0.578. The zero-order valence-corrected chi connectivity index (χ0v) is 9.92. The lowest BCUT2D eigenvalue weighted by Gasteiger charge is -2.22. The van der Waals surface area contributed by atoms with Crippen LogP contribution < -0.4 is 5.32 Å². The molecular formula is C10H19NO4. The SMILES string of the molecule is CC[C@@H](NC(=O)OC(C)(C)C)OC(C)=O. The van der Waals surface area contributed by atoms with Gasteiger partial charge in [-0.05, 0) is 20.8 Å². The van der Waals surface area contributed by atoms with Crippen molar-refractivity contribution in [1.29, 1.82) is 0 Å². The summed E-state index contributed by atoms with van der Waals surface area (Å²) in [6, 6.07) is 0. The molecule has 1 N–H and O–H groups in total. The van der Waals surface area contributed by atoms with E-state index < -0.39 is 23.9 Å². The Kier molecular flexibility index (Phi) is 5.11. The van der Waals surface area contributed by atoms with Crippen molar-refractivity contribution in [2.24, 2.45) is 0 Å². The molecule has 15 heavy (non-hydrogen) atoms. The topological polar surface area (TPSA) is 64.6 Å². The molecule has 0 unspecified atom stereocenters. The molecule has 0 radical (unpaired) electrons. The predicted octanol–water partition coefficient (Wildman–Crippen LogP) is 1.81. The second-order valence-electron chi connectivity index (χ2n) is 4.15. The van der Waals surface area contributed by atoms with Crippen LogP contribution in [0, 0.1) is 0 Å². The normalized spacial score (nSPS) is 12.9. The first-order chi connectivity index (χ1) is 6.74. The van der Waals surface area contributed by atoms with E-state index in [4.69, 9.17) is 9.47 Å². The molecule has 0 aliphatic rings. The van der Waals surface area contributed by atoms with Crippen LogP contribution >= 0.6 is 0 Å². The average Bonchev–Trinajstić information content (AvgIpc) is 1.98. The Morgan fingerprint density at radius 1 is 1.33 bits per heavy atom. The number of alkyl carbamates (subject to hydrolysis) is 1. The summed E-state index contributed by atoms with van der Waals surface area (Å²) in [5.41, 5.74) is -0.557. The Balaban J connectivity index is 4.07. The molecule has 0 spiro atoms. The molecule has 0 saturated heterocycles. The maximum absolute atomic E-state index is 11.3. The number of ether oxygens (including phenoxy) is 2. The number of nitrogens with one attached hydrogen (secondary N) is 1. The molecule has 1 amide bonds. The van der Waals surface area contributed by atoms with Crippen LogP contribution in [0.25, 0.3) is 0 Å². The third kappa shape index (κ3) is 7.78. The van der Waals surface area contributed by atoms with E-state index in [1.54, 1.807) is 27.7 Å². The Morgan fingerprint density at radius 2 is 1.87 bits per heavy atom. The molecular weight excluding hydrogens is 198 g/mol. The van der Waals surface area contributed by atoms with Crippen molar-refractivity contribution < 1.29 is 19.1 Å². The molecule has 0 fully saturated rings. The molecule has 0 aromatic carbocycles. The number of hydrogen-bond acceptors (Lipinski definition) is 4. The maximum atomic E-state index is 11.3. The third-order valence-electron chi connectivity index (χ3n) is 1.36. The summed E-state index contributed by atoms with van der Waals surface area (Å²) in [4.78, 5) is 22.0. The van der Waals surface area contributed by atoms with Gasteiger partial charge in [0.15, 0.2) is 6.23 Å². The van der Waals surface area contributed by atoms with Gasteiger partial charge in [-0.2, -0.15) is 0 Å². The van der Waals surface area contributed by atoms with Gasteiger partial charge in [-0.3, -0.25) is 10.1 Å². The van der Waals surface area contributed by atoms with Crippen LogP contribution in [0.15, 0.2) is 0 Å². The van der Waals surface area contributed by atoms with Crippen LogP contribution in [0.5, 0.6) is 0 Å². The van der Waals surface area contributed by atoms with Crippen LogP contribution in [-0.2, 0) is 14.3 Å². The zero-order chi connectivity index (χ0) is 12.1.